The third kappa shape index (κ3) is 3.42. The molecular formula is C12H16ClNO2. The maximum absolute atomic E-state index is 11.4. The monoisotopic (exact) mass is 241 g/mol. The second-order valence-corrected chi connectivity index (χ2v) is 3.97. The van der Waals surface area contributed by atoms with Gasteiger partial charge in [0.05, 0.1) is 0 Å². The topological polar surface area (TPSA) is 38.3 Å². The Balaban J connectivity index is 2.66. The zero-order valence-electron chi connectivity index (χ0n) is 9.71. The molecule has 3 nitrogen and oxygen atoms in total. The fourth-order valence-electron chi connectivity index (χ4n) is 1.27. The minimum absolute atomic E-state index is 0.116. The van der Waals surface area contributed by atoms with Crippen molar-refractivity contribution in [1.29, 1.82) is 0 Å². The lowest BCUT2D eigenvalue weighted by molar-refractivity contribution is -0.127. The van der Waals surface area contributed by atoms with Gasteiger partial charge in [-0.1, -0.05) is 11.6 Å². The Hall–Kier alpha value is -1.22. The van der Waals surface area contributed by atoms with Crippen molar-refractivity contribution < 1.29 is 9.53 Å². The normalized spacial score (nSPS) is 12.0. The van der Waals surface area contributed by atoms with Crippen LogP contribution in [0, 0.1) is 6.92 Å². The highest BCUT2D eigenvalue weighted by atomic mass is 35.5. The molecular weight excluding hydrogens is 226 g/mol. The van der Waals surface area contributed by atoms with Crippen LogP contribution in [0.15, 0.2) is 18.2 Å². The van der Waals surface area contributed by atoms with E-state index < -0.39 is 6.10 Å². The summed E-state index contributed by atoms with van der Waals surface area (Å²) >= 11 is 5.89. The van der Waals surface area contributed by atoms with Gasteiger partial charge in [-0.05, 0) is 44.5 Å². The summed E-state index contributed by atoms with van der Waals surface area (Å²) < 4.78 is 5.49. The molecule has 0 spiro atoms. The molecule has 88 valence electrons. The van der Waals surface area contributed by atoms with E-state index in [9.17, 15) is 4.79 Å². The van der Waals surface area contributed by atoms with E-state index in [0.717, 1.165) is 5.56 Å². The van der Waals surface area contributed by atoms with Crippen molar-refractivity contribution in [2.24, 2.45) is 0 Å². The molecule has 0 fully saturated rings. The summed E-state index contributed by atoms with van der Waals surface area (Å²) in [5.74, 6) is 0.538. The smallest absolute Gasteiger partial charge is 0.260 e. The summed E-state index contributed by atoms with van der Waals surface area (Å²) in [4.78, 5) is 11.4. The lowest BCUT2D eigenvalue weighted by Gasteiger charge is -2.14. The number of halogens is 1. The molecule has 1 aromatic carbocycles. The first-order chi connectivity index (χ1) is 7.54. The number of rotatable bonds is 4. The molecule has 1 aromatic rings. The first-order valence-electron chi connectivity index (χ1n) is 5.25. The largest absolute Gasteiger partial charge is 0.481 e. The fraction of sp³-hybridized carbons (Fsp3) is 0.417. The SMILES string of the molecule is CCNC(=O)C(C)Oc1ccc(Cl)c(C)c1. The standard InChI is InChI=1S/C12H16ClNO2/c1-4-14-12(15)9(3)16-10-5-6-11(13)8(2)7-10/h5-7,9H,4H2,1-3H3,(H,14,15). The van der Waals surface area contributed by atoms with Gasteiger partial charge in [0, 0.05) is 11.6 Å². The number of ether oxygens (including phenoxy) is 1. The highest BCUT2D eigenvalue weighted by Crippen LogP contribution is 2.21. The van der Waals surface area contributed by atoms with E-state index in [-0.39, 0.29) is 5.91 Å². The molecule has 4 heteroatoms. The van der Waals surface area contributed by atoms with Crippen molar-refractivity contribution in [3.63, 3.8) is 0 Å². The van der Waals surface area contributed by atoms with Crippen LogP contribution in [0.4, 0.5) is 0 Å². The number of hydrogen-bond donors (Lipinski definition) is 1. The van der Waals surface area contributed by atoms with E-state index in [1.807, 2.05) is 19.9 Å². The summed E-state index contributed by atoms with van der Waals surface area (Å²) in [5.41, 5.74) is 0.933. The van der Waals surface area contributed by atoms with Gasteiger partial charge in [0.2, 0.25) is 0 Å². The molecule has 0 aromatic heterocycles. The van der Waals surface area contributed by atoms with E-state index in [1.54, 1.807) is 19.1 Å². The molecule has 0 saturated heterocycles. The van der Waals surface area contributed by atoms with Crippen LogP contribution in [-0.2, 0) is 4.79 Å². The van der Waals surface area contributed by atoms with Crippen LogP contribution in [0.3, 0.4) is 0 Å². The number of nitrogens with one attached hydrogen (secondary N) is 1. The van der Waals surface area contributed by atoms with E-state index in [1.165, 1.54) is 0 Å². The summed E-state index contributed by atoms with van der Waals surface area (Å²) in [6.45, 7) is 6.09. The number of carbonyl (C=O) groups excluding carboxylic acids is 1. The molecule has 0 heterocycles. The Labute approximate surface area is 101 Å². The van der Waals surface area contributed by atoms with Gasteiger partial charge in [0.25, 0.3) is 5.91 Å². The molecule has 0 bridgehead atoms. The molecule has 1 rings (SSSR count). The highest BCUT2D eigenvalue weighted by molar-refractivity contribution is 6.31. The Morgan fingerprint density at radius 1 is 1.56 bits per heavy atom. The second kappa shape index (κ2) is 5.75. The predicted molar refractivity (Wildman–Crippen MR) is 65.0 cm³/mol. The minimum atomic E-state index is -0.500. The maximum Gasteiger partial charge on any atom is 0.260 e. The first kappa shape index (κ1) is 12.8. The fourth-order valence-corrected chi connectivity index (χ4v) is 1.38. The van der Waals surface area contributed by atoms with E-state index in [0.29, 0.717) is 17.3 Å². The van der Waals surface area contributed by atoms with Crippen LogP contribution in [0.25, 0.3) is 0 Å². The van der Waals surface area contributed by atoms with E-state index >= 15 is 0 Å². The third-order valence-corrected chi connectivity index (χ3v) is 2.59. The number of hydrogen-bond acceptors (Lipinski definition) is 2. The van der Waals surface area contributed by atoms with Crippen molar-refractivity contribution in [3.05, 3.63) is 28.8 Å². The summed E-state index contributed by atoms with van der Waals surface area (Å²) in [7, 11) is 0. The molecule has 0 radical (unpaired) electrons. The van der Waals surface area contributed by atoms with Crippen LogP contribution in [0.1, 0.15) is 19.4 Å². The number of amides is 1. The Morgan fingerprint density at radius 2 is 2.25 bits per heavy atom. The molecule has 1 unspecified atom stereocenters. The van der Waals surface area contributed by atoms with E-state index in [4.69, 9.17) is 16.3 Å². The lowest BCUT2D eigenvalue weighted by atomic mass is 10.2. The molecule has 0 saturated carbocycles. The number of aryl methyl sites for hydroxylation is 1. The van der Waals surface area contributed by atoms with E-state index in [2.05, 4.69) is 5.32 Å². The molecule has 1 atom stereocenters. The average Bonchev–Trinajstić information content (AvgIpc) is 2.24. The molecule has 0 aliphatic heterocycles. The first-order valence-corrected chi connectivity index (χ1v) is 5.63. The average molecular weight is 242 g/mol. The highest BCUT2D eigenvalue weighted by Gasteiger charge is 2.13. The van der Waals surface area contributed by atoms with Crippen molar-refractivity contribution in [2.75, 3.05) is 6.54 Å². The third-order valence-electron chi connectivity index (χ3n) is 2.16. The quantitative estimate of drug-likeness (QED) is 0.880. The second-order valence-electron chi connectivity index (χ2n) is 3.57. The van der Waals surface area contributed by atoms with Crippen molar-refractivity contribution in [3.8, 4) is 5.75 Å². The van der Waals surface area contributed by atoms with Crippen molar-refractivity contribution in [1.82, 2.24) is 5.32 Å². The van der Waals surface area contributed by atoms with Gasteiger partial charge in [0.1, 0.15) is 5.75 Å². The number of likely N-dealkylation sites (N-methyl/N-ethyl adjacent to an activating group) is 1. The lowest BCUT2D eigenvalue weighted by Crippen LogP contribution is -2.36. The van der Waals surface area contributed by atoms with Gasteiger partial charge >= 0.3 is 0 Å². The van der Waals surface area contributed by atoms with Gasteiger partial charge < -0.3 is 10.1 Å². The molecule has 0 aliphatic carbocycles. The van der Waals surface area contributed by atoms with Gasteiger partial charge in [-0.25, -0.2) is 0 Å². The van der Waals surface area contributed by atoms with Crippen LogP contribution in [0.5, 0.6) is 5.75 Å². The number of benzene rings is 1. The van der Waals surface area contributed by atoms with Crippen LogP contribution >= 0.6 is 11.6 Å². The maximum atomic E-state index is 11.4. The Kier molecular flexibility index (Phi) is 4.62. The molecule has 1 amide bonds. The summed E-state index contributed by atoms with van der Waals surface area (Å²) in [5, 5.41) is 3.39. The van der Waals surface area contributed by atoms with Crippen molar-refractivity contribution in [2.45, 2.75) is 26.9 Å². The molecule has 1 N–H and O–H groups in total. The van der Waals surface area contributed by atoms with Crippen LogP contribution in [-0.4, -0.2) is 18.6 Å². The predicted octanol–water partition coefficient (Wildman–Crippen LogP) is 2.55. The van der Waals surface area contributed by atoms with Gasteiger partial charge in [-0.3, -0.25) is 4.79 Å². The van der Waals surface area contributed by atoms with Gasteiger partial charge in [0.15, 0.2) is 6.10 Å². The summed E-state index contributed by atoms with van der Waals surface area (Å²) in [6.07, 6.45) is -0.500. The zero-order chi connectivity index (χ0) is 12.1. The number of carbonyl (C=O) groups is 1. The van der Waals surface area contributed by atoms with Gasteiger partial charge in [-0.15, -0.1) is 0 Å². The zero-order valence-corrected chi connectivity index (χ0v) is 10.5. The molecule has 16 heavy (non-hydrogen) atoms. The Morgan fingerprint density at radius 3 is 2.81 bits per heavy atom. The van der Waals surface area contributed by atoms with Crippen LogP contribution in [0.2, 0.25) is 5.02 Å². The van der Waals surface area contributed by atoms with Crippen molar-refractivity contribution >= 4 is 17.5 Å². The van der Waals surface area contributed by atoms with Crippen LogP contribution < -0.4 is 10.1 Å². The Bertz CT molecular complexity index is 379. The molecule has 0 aliphatic rings. The van der Waals surface area contributed by atoms with Gasteiger partial charge in [-0.2, -0.15) is 0 Å². The minimum Gasteiger partial charge on any atom is -0.481 e. The summed E-state index contributed by atoms with van der Waals surface area (Å²) in [6, 6.07) is 5.33.